The lowest BCUT2D eigenvalue weighted by Crippen LogP contribution is -1.97. The Balaban J connectivity index is 1.22. The normalized spacial score (nSPS) is 11.9. The fraction of sp³-hybridized carbons (Fsp3) is 0. The maximum absolute atomic E-state index is 6.28. The van der Waals surface area contributed by atoms with Crippen LogP contribution in [0.4, 0.5) is 0 Å². The minimum atomic E-state index is 0.880. The summed E-state index contributed by atoms with van der Waals surface area (Å²) in [4.78, 5) is 10.5. The smallest absolute Gasteiger partial charge is 0.136 e. The number of benzene rings is 7. The van der Waals surface area contributed by atoms with Gasteiger partial charge in [-0.15, -0.1) is 0 Å². The quantitative estimate of drug-likeness (QED) is 0.193. The minimum Gasteiger partial charge on any atom is -0.456 e. The molecule has 0 aliphatic rings. The monoisotopic (exact) mass is 587 g/mol. The van der Waals surface area contributed by atoms with Gasteiger partial charge in [0.2, 0.25) is 0 Å². The maximum atomic E-state index is 6.28. The van der Waals surface area contributed by atoms with Crippen LogP contribution in [0, 0.1) is 0 Å². The van der Waals surface area contributed by atoms with E-state index >= 15 is 0 Å². The zero-order valence-electron chi connectivity index (χ0n) is 24.7. The highest BCUT2D eigenvalue weighted by molar-refractivity contribution is 6.17. The van der Waals surface area contributed by atoms with Gasteiger partial charge in [0.1, 0.15) is 11.2 Å². The van der Waals surface area contributed by atoms with Gasteiger partial charge in [-0.05, 0) is 47.9 Å². The van der Waals surface area contributed by atoms with Crippen molar-refractivity contribution >= 4 is 65.6 Å². The first-order chi connectivity index (χ1) is 22.8. The molecule has 0 atom stereocenters. The Kier molecular flexibility index (Phi) is 5.25. The lowest BCUT2D eigenvalue weighted by atomic mass is 10.0. The van der Waals surface area contributed by atoms with Crippen LogP contribution in [0.3, 0.4) is 0 Å². The summed E-state index contributed by atoms with van der Waals surface area (Å²) >= 11 is 0. The van der Waals surface area contributed by atoms with E-state index in [0.29, 0.717) is 0 Å². The van der Waals surface area contributed by atoms with Gasteiger partial charge in [0.25, 0.3) is 0 Å². The Hall–Kier alpha value is -6.26. The van der Waals surface area contributed by atoms with Gasteiger partial charge in [-0.2, -0.15) is 0 Å². The second-order valence-corrected chi connectivity index (χ2v) is 11.8. The number of rotatable bonds is 3. The molecule has 7 aromatic carbocycles. The van der Waals surface area contributed by atoms with E-state index in [4.69, 9.17) is 14.4 Å². The van der Waals surface area contributed by atoms with Crippen LogP contribution in [-0.4, -0.2) is 14.5 Å². The molecule has 214 valence electrons. The van der Waals surface area contributed by atoms with Crippen LogP contribution in [0.25, 0.3) is 93.8 Å². The summed E-state index contributed by atoms with van der Waals surface area (Å²) < 4.78 is 8.65. The maximum Gasteiger partial charge on any atom is 0.136 e. The molecular weight excluding hydrogens is 562 g/mol. The second kappa shape index (κ2) is 9.62. The topological polar surface area (TPSA) is 43.9 Å². The Morgan fingerprint density at radius 3 is 1.93 bits per heavy atom. The molecule has 0 bridgehead atoms. The Morgan fingerprint density at radius 2 is 1.13 bits per heavy atom. The molecule has 10 aromatic rings. The van der Waals surface area contributed by atoms with Crippen molar-refractivity contribution in [2.24, 2.45) is 0 Å². The fourth-order valence-electron chi connectivity index (χ4n) is 7.03. The molecule has 46 heavy (non-hydrogen) atoms. The largest absolute Gasteiger partial charge is 0.456 e. The van der Waals surface area contributed by atoms with Crippen LogP contribution in [0.2, 0.25) is 0 Å². The van der Waals surface area contributed by atoms with Crippen molar-refractivity contribution < 1.29 is 4.42 Å². The van der Waals surface area contributed by atoms with E-state index in [0.717, 1.165) is 83.0 Å². The Bertz CT molecular complexity index is 2790. The molecule has 3 heterocycles. The van der Waals surface area contributed by atoms with E-state index in [9.17, 15) is 0 Å². The van der Waals surface area contributed by atoms with Crippen molar-refractivity contribution in [3.8, 4) is 28.2 Å². The molecule has 0 N–H and O–H groups in total. The molecule has 3 aromatic heterocycles. The number of nitrogens with zero attached hydrogens (tertiary/aromatic N) is 3. The molecule has 0 spiro atoms. The van der Waals surface area contributed by atoms with Gasteiger partial charge in [-0.25, -0.2) is 9.97 Å². The van der Waals surface area contributed by atoms with Crippen molar-refractivity contribution in [2.75, 3.05) is 0 Å². The van der Waals surface area contributed by atoms with E-state index in [-0.39, 0.29) is 0 Å². The number of para-hydroxylation sites is 2. The number of hydrogen-bond acceptors (Lipinski definition) is 3. The SMILES string of the molecule is c1ccc(-c2nc3ccc4cc(-n5c6ccccc6c6cc7oc8ccccc8c7cc65)ccc4c3nc2-c2ccccc2)cc1. The van der Waals surface area contributed by atoms with E-state index in [1.807, 2.05) is 36.4 Å². The number of furan rings is 1. The lowest BCUT2D eigenvalue weighted by Gasteiger charge is -2.13. The first kappa shape index (κ1) is 25.1. The van der Waals surface area contributed by atoms with Crippen molar-refractivity contribution in [3.63, 3.8) is 0 Å². The minimum absolute atomic E-state index is 0.880. The van der Waals surface area contributed by atoms with Gasteiger partial charge in [-0.1, -0.05) is 109 Å². The molecule has 0 amide bonds. The van der Waals surface area contributed by atoms with Crippen molar-refractivity contribution in [1.82, 2.24) is 14.5 Å². The standard InChI is InChI=1S/C42H25N3O/c1-3-11-26(12-4-1)40-41(27-13-5-2-6-14-27)44-42-30-21-20-29(23-28(30)19-22-35(42)43-40)45-36-17-9-7-15-31(36)33-25-39-34(24-37(33)45)32-16-8-10-18-38(32)46-39/h1-25H. The summed E-state index contributed by atoms with van der Waals surface area (Å²) in [5.41, 5.74) is 10.9. The van der Waals surface area contributed by atoms with Crippen molar-refractivity contribution in [3.05, 3.63) is 152 Å². The van der Waals surface area contributed by atoms with Crippen LogP contribution >= 0.6 is 0 Å². The van der Waals surface area contributed by atoms with Crippen molar-refractivity contribution in [1.29, 1.82) is 0 Å². The first-order valence-electron chi connectivity index (χ1n) is 15.5. The number of aromatic nitrogens is 3. The van der Waals surface area contributed by atoms with Crippen LogP contribution in [0.1, 0.15) is 0 Å². The molecule has 0 aliphatic heterocycles. The summed E-state index contributed by atoms with van der Waals surface area (Å²) in [5.74, 6) is 0. The zero-order chi connectivity index (χ0) is 30.2. The molecule has 0 saturated carbocycles. The highest BCUT2D eigenvalue weighted by atomic mass is 16.3. The van der Waals surface area contributed by atoms with E-state index in [2.05, 4.69) is 120 Å². The third kappa shape index (κ3) is 3.67. The van der Waals surface area contributed by atoms with Crippen LogP contribution in [0.5, 0.6) is 0 Å². The summed E-state index contributed by atoms with van der Waals surface area (Å²) in [6.45, 7) is 0. The van der Waals surface area contributed by atoms with Crippen molar-refractivity contribution in [2.45, 2.75) is 0 Å². The molecule has 0 unspecified atom stereocenters. The highest BCUT2D eigenvalue weighted by Gasteiger charge is 2.18. The molecule has 4 heteroatoms. The molecule has 0 radical (unpaired) electrons. The molecule has 0 fully saturated rings. The average molecular weight is 588 g/mol. The van der Waals surface area contributed by atoms with Gasteiger partial charge >= 0.3 is 0 Å². The molecule has 0 saturated heterocycles. The fourth-order valence-corrected chi connectivity index (χ4v) is 7.03. The van der Waals surface area contributed by atoms with Crippen LogP contribution in [0.15, 0.2) is 156 Å². The summed E-state index contributed by atoms with van der Waals surface area (Å²) in [6, 6.07) is 53.0. The molecular formula is C42H25N3O. The van der Waals surface area contributed by atoms with Gasteiger partial charge in [0.05, 0.1) is 33.5 Å². The Morgan fingerprint density at radius 1 is 0.435 bits per heavy atom. The molecule has 0 aliphatic carbocycles. The zero-order valence-corrected chi connectivity index (χ0v) is 24.7. The molecule has 4 nitrogen and oxygen atoms in total. The number of fused-ring (bicyclic) bond motifs is 9. The first-order valence-corrected chi connectivity index (χ1v) is 15.5. The average Bonchev–Trinajstić information content (AvgIpc) is 3.65. The predicted octanol–water partition coefficient (Wildman–Crippen LogP) is 11.1. The highest BCUT2D eigenvalue weighted by Crippen LogP contribution is 2.39. The summed E-state index contributed by atoms with van der Waals surface area (Å²) in [6.07, 6.45) is 0. The van der Waals surface area contributed by atoms with Gasteiger partial charge in [-0.3, -0.25) is 0 Å². The van der Waals surface area contributed by atoms with E-state index < -0.39 is 0 Å². The Labute approximate surface area is 263 Å². The summed E-state index contributed by atoms with van der Waals surface area (Å²) in [7, 11) is 0. The third-order valence-electron chi connectivity index (χ3n) is 9.16. The van der Waals surface area contributed by atoms with Gasteiger partial charge < -0.3 is 8.98 Å². The predicted molar refractivity (Wildman–Crippen MR) is 190 cm³/mol. The molecule has 10 rings (SSSR count). The van der Waals surface area contributed by atoms with Crippen LogP contribution < -0.4 is 0 Å². The van der Waals surface area contributed by atoms with E-state index in [1.54, 1.807) is 0 Å². The lowest BCUT2D eigenvalue weighted by molar-refractivity contribution is 0.669. The van der Waals surface area contributed by atoms with Gasteiger partial charge in [0, 0.05) is 43.7 Å². The third-order valence-corrected chi connectivity index (χ3v) is 9.16. The second-order valence-electron chi connectivity index (χ2n) is 11.8. The van der Waals surface area contributed by atoms with E-state index in [1.165, 1.54) is 10.8 Å². The summed E-state index contributed by atoms with van der Waals surface area (Å²) in [5, 5.41) is 6.82. The van der Waals surface area contributed by atoms with Gasteiger partial charge in [0.15, 0.2) is 0 Å². The van der Waals surface area contributed by atoms with Crippen LogP contribution in [-0.2, 0) is 0 Å². The number of hydrogen-bond donors (Lipinski definition) is 0.